The van der Waals surface area contributed by atoms with Crippen molar-refractivity contribution in [3.8, 4) is 0 Å². The number of aliphatic carboxylic acids is 1. The molecule has 1 aliphatic heterocycles. The van der Waals surface area contributed by atoms with E-state index in [-0.39, 0.29) is 18.9 Å². The van der Waals surface area contributed by atoms with Gasteiger partial charge < -0.3 is 14.7 Å². The van der Waals surface area contributed by atoms with Crippen LogP contribution in [0.3, 0.4) is 0 Å². The lowest BCUT2D eigenvalue weighted by molar-refractivity contribution is -0.157. The van der Waals surface area contributed by atoms with Crippen molar-refractivity contribution in [2.45, 2.75) is 12.5 Å². The van der Waals surface area contributed by atoms with Crippen LogP contribution >= 0.6 is 27.3 Å². The third-order valence-corrected chi connectivity index (χ3v) is 4.31. The number of carboxylic acid groups (broad SMARTS) is 1. The zero-order valence-electron chi connectivity index (χ0n) is 9.47. The van der Waals surface area contributed by atoms with Gasteiger partial charge in [0, 0.05) is 11.4 Å². The fourth-order valence-corrected chi connectivity index (χ4v) is 3.28. The monoisotopic (exact) mass is 333 g/mol. The van der Waals surface area contributed by atoms with Crippen LogP contribution in [0.25, 0.3) is 0 Å². The number of nitrogens with zero attached hydrogens (tertiary/aromatic N) is 1. The molecule has 1 saturated heterocycles. The number of carbonyl (C=O) groups excluding carboxylic acids is 1. The van der Waals surface area contributed by atoms with Gasteiger partial charge in [-0.3, -0.25) is 4.79 Å². The van der Waals surface area contributed by atoms with Gasteiger partial charge in [0.2, 0.25) is 5.91 Å². The van der Waals surface area contributed by atoms with Crippen LogP contribution in [-0.2, 0) is 20.7 Å². The fourth-order valence-electron chi connectivity index (χ4n) is 1.80. The predicted molar refractivity (Wildman–Crippen MR) is 69.7 cm³/mol. The van der Waals surface area contributed by atoms with Crippen LogP contribution in [0.4, 0.5) is 0 Å². The highest BCUT2D eigenvalue weighted by molar-refractivity contribution is 9.11. The number of halogens is 1. The largest absolute Gasteiger partial charge is 0.480 e. The minimum absolute atomic E-state index is 0.0647. The van der Waals surface area contributed by atoms with Crippen molar-refractivity contribution in [2.75, 3.05) is 19.8 Å². The quantitative estimate of drug-likeness (QED) is 0.907. The molecule has 0 radical (unpaired) electrons. The second-order valence-electron chi connectivity index (χ2n) is 3.90. The van der Waals surface area contributed by atoms with E-state index in [1.165, 1.54) is 16.2 Å². The van der Waals surface area contributed by atoms with Gasteiger partial charge in [-0.2, -0.15) is 0 Å². The summed E-state index contributed by atoms with van der Waals surface area (Å²) >= 11 is 4.81. The maximum Gasteiger partial charge on any atom is 0.328 e. The highest BCUT2D eigenvalue weighted by Crippen LogP contribution is 2.23. The summed E-state index contributed by atoms with van der Waals surface area (Å²) in [5.74, 6) is -1.18. The van der Waals surface area contributed by atoms with E-state index in [4.69, 9.17) is 9.84 Å². The van der Waals surface area contributed by atoms with E-state index in [1.54, 1.807) is 0 Å². The predicted octanol–water partition coefficient (Wildman–Crippen LogP) is 1.37. The van der Waals surface area contributed by atoms with Crippen LogP contribution in [0.15, 0.2) is 15.9 Å². The third kappa shape index (κ3) is 3.09. The standard InChI is InChI=1S/C11H12BrNO4S/c12-9-2-1-7(18-9)5-10(14)13-3-4-17-6-8(13)11(15)16/h1-2,8H,3-6H2,(H,15,16)/t8-/m1/s1. The molecular weight excluding hydrogens is 322 g/mol. The van der Waals surface area contributed by atoms with E-state index in [2.05, 4.69) is 15.9 Å². The van der Waals surface area contributed by atoms with Gasteiger partial charge in [-0.25, -0.2) is 4.79 Å². The molecule has 1 fully saturated rings. The first-order valence-corrected chi connectivity index (χ1v) is 7.03. The average molecular weight is 334 g/mol. The van der Waals surface area contributed by atoms with Crippen LogP contribution in [0.5, 0.6) is 0 Å². The number of morpholine rings is 1. The molecular formula is C11H12BrNO4S. The molecule has 1 amide bonds. The normalized spacial score (nSPS) is 19.8. The number of amides is 1. The number of rotatable bonds is 3. The highest BCUT2D eigenvalue weighted by Gasteiger charge is 2.32. The van der Waals surface area contributed by atoms with Gasteiger partial charge in [0.05, 0.1) is 23.4 Å². The first-order chi connectivity index (χ1) is 8.58. The minimum atomic E-state index is -1.02. The molecule has 1 atom stereocenters. The summed E-state index contributed by atoms with van der Waals surface area (Å²) in [6, 6.07) is 2.87. The summed E-state index contributed by atoms with van der Waals surface area (Å²) < 4.78 is 6.06. The molecule has 7 heteroatoms. The number of carbonyl (C=O) groups is 2. The Morgan fingerprint density at radius 2 is 2.33 bits per heavy atom. The molecule has 0 bridgehead atoms. The van der Waals surface area contributed by atoms with E-state index in [0.29, 0.717) is 13.2 Å². The fraction of sp³-hybridized carbons (Fsp3) is 0.455. The molecule has 0 saturated carbocycles. The molecule has 2 heterocycles. The van der Waals surface area contributed by atoms with Crippen molar-refractivity contribution in [2.24, 2.45) is 0 Å². The maximum absolute atomic E-state index is 12.1. The molecule has 0 aliphatic carbocycles. The Morgan fingerprint density at radius 1 is 1.56 bits per heavy atom. The summed E-state index contributed by atoms with van der Waals surface area (Å²) in [5, 5.41) is 9.05. The molecule has 18 heavy (non-hydrogen) atoms. The molecule has 1 aromatic rings. The molecule has 98 valence electrons. The van der Waals surface area contributed by atoms with Crippen LogP contribution < -0.4 is 0 Å². The summed E-state index contributed by atoms with van der Waals surface area (Å²) in [4.78, 5) is 25.4. The number of ether oxygens (including phenoxy) is 1. The van der Waals surface area contributed by atoms with Gasteiger partial charge in [-0.1, -0.05) is 0 Å². The van der Waals surface area contributed by atoms with Gasteiger partial charge in [-0.05, 0) is 28.1 Å². The van der Waals surface area contributed by atoms with Crippen molar-refractivity contribution in [3.63, 3.8) is 0 Å². The minimum Gasteiger partial charge on any atom is -0.480 e. The van der Waals surface area contributed by atoms with Crippen LogP contribution in [0.1, 0.15) is 4.88 Å². The average Bonchev–Trinajstić information content (AvgIpc) is 2.74. The zero-order valence-corrected chi connectivity index (χ0v) is 11.9. The van der Waals surface area contributed by atoms with Gasteiger partial charge >= 0.3 is 5.97 Å². The molecule has 1 aliphatic rings. The summed E-state index contributed by atoms with van der Waals surface area (Å²) in [6.07, 6.45) is 0.236. The molecule has 0 spiro atoms. The molecule has 5 nitrogen and oxygen atoms in total. The van der Waals surface area contributed by atoms with E-state index in [9.17, 15) is 9.59 Å². The van der Waals surface area contributed by atoms with Crippen LogP contribution in [0, 0.1) is 0 Å². The highest BCUT2D eigenvalue weighted by atomic mass is 79.9. The maximum atomic E-state index is 12.1. The molecule has 1 N–H and O–H groups in total. The number of hydrogen-bond acceptors (Lipinski definition) is 4. The Kier molecular flexibility index (Phi) is 4.36. The molecule has 1 aromatic heterocycles. The first kappa shape index (κ1) is 13.5. The number of hydrogen-bond donors (Lipinski definition) is 1. The SMILES string of the molecule is O=C(O)[C@H]1COCCN1C(=O)Cc1ccc(Br)s1. The van der Waals surface area contributed by atoms with Crippen molar-refractivity contribution >= 4 is 39.1 Å². The van der Waals surface area contributed by atoms with Gasteiger partial charge in [0.25, 0.3) is 0 Å². The van der Waals surface area contributed by atoms with Crippen LogP contribution in [-0.4, -0.2) is 47.7 Å². The number of carboxylic acids is 1. The summed E-state index contributed by atoms with van der Waals surface area (Å²) in [6.45, 7) is 0.793. The van der Waals surface area contributed by atoms with E-state index >= 15 is 0 Å². The molecule has 0 unspecified atom stereocenters. The van der Waals surface area contributed by atoms with Crippen molar-refractivity contribution in [3.05, 3.63) is 20.8 Å². The first-order valence-electron chi connectivity index (χ1n) is 5.42. The Balaban J connectivity index is 2.04. The number of thiophene rings is 1. The van der Waals surface area contributed by atoms with Crippen LogP contribution in [0.2, 0.25) is 0 Å². The Morgan fingerprint density at radius 3 is 2.94 bits per heavy atom. The van der Waals surface area contributed by atoms with Crippen molar-refractivity contribution in [1.82, 2.24) is 4.90 Å². The van der Waals surface area contributed by atoms with E-state index in [1.807, 2.05) is 12.1 Å². The van der Waals surface area contributed by atoms with Gasteiger partial charge in [-0.15, -0.1) is 11.3 Å². The lowest BCUT2D eigenvalue weighted by atomic mass is 10.2. The van der Waals surface area contributed by atoms with E-state index in [0.717, 1.165) is 8.66 Å². The second kappa shape index (κ2) is 5.81. The summed E-state index contributed by atoms with van der Waals surface area (Å²) in [7, 11) is 0. The summed E-state index contributed by atoms with van der Waals surface area (Å²) in [5.41, 5.74) is 0. The smallest absolute Gasteiger partial charge is 0.328 e. The van der Waals surface area contributed by atoms with Crippen molar-refractivity contribution in [1.29, 1.82) is 0 Å². The Hall–Kier alpha value is -0.920. The van der Waals surface area contributed by atoms with Gasteiger partial charge in [0.15, 0.2) is 6.04 Å². The third-order valence-electron chi connectivity index (χ3n) is 2.69. The zero-order chi connectivity index (χ0) is 13.1. The van der Waals surface area contributed by atoms with Gasteiger partial charge in [0.1, 0.15) is 0 Å². The molecule has 0 aromatic carbocycles. The Labute approximate surface area is 116 Å². The topological polar surface area (TPSA) is 66.8 Å². The second-order valence-corrected chi connectivity index (χ2v) is 6.45. The lowest BCUT2D eigenvalue weighted by Crippen LogP contribution is -2.53. The Bertz CT molecular complexity index is 462. The lowest BCUT2D eigenvalue weighted by Gasteiger charge is -2.32. The molecule has 2 rings (SSSR count). The van der Waals surface area contributed by atoms with E-state index < -0.39 is 12.0 Å². The van der Waals surface area contributed by atoms with Crippen molar-refractivity contribution < 1.29 is 19.4 Å².